The Kier molecular flexibility index (Phi) is 4.06. The largest absolute Gasteiger partial charge is 0.335 e. The molecule has 1 atom stereocenters. The summed E-state index contributed by atoms with van der Waals surface area (Å²) in [4.78, 5) is 3.15. The van der Waals surface area contributed by atoms with Crippen LogP contribution in [0.2, 0.25) is 0 Å². The highest BCUT2D eigenvalue weighted by molar-refractivity contribution is 7.98. The van der Waals surface area contributed by atoms with E-state index in [-0.39, 0.29) is 0 Å². The molecule has 2 nitrogen and oxygen atoms in total. The lowest BCUT2D eigenvalue weighted by Crippen LogP contribution is -2.09. The Morgan fingerprint density at radius 3 is 2.77 bits per heavy atom. The molecule has 0 aromatic carbocycles. The summed E-state index contributed by atoms with van der Waals surface area (Å²) in [6.07, 6.45) is 5.37. The van der Waals surface area contributed by atoms with Crippen molar-refractivity contribution >= 4 is 24.0 Å². The smallest absolute Gasteiger partial charge is 0.177 e. The van der Waals surface area contributed by atoms with E-state index in [2.05, 4.69) is 28.9 Å². The zero-order valence-electron chi connectivity index (χ0n) is 8.33. The zero-order valence-corrected chi connectivity index (χ0v) is 9.97. The summed E-state index contributed by atoms with van der Waals surface area (Å²) in [6, 6.07) is 0.535. The van der Waals surface area contributed by atoms with Gasteiger partial charge in [0.15, 0.2) is 4.77 Å². The van der Waals surface area contributed by atoms with Gasteiger partial charge in [-0.25, -0.2) is 0 Å². The van der Waals surface area contributed by atoms with Crippen molar-refractivity contribution in [2.45, 2.75) is 26.3 Å². The van der Waals surface area contributed by atoms with Gasteiger partial charge in [-0.2, -0.15) is 11.8 Å². The minimum atomic E-state index is 0.535. The van der Waals surface area contributed by atoms with Gasteiger partial charge in [0, 0.05) is 23.7 Å². The van der Waals surface area contributed by atoms with Gasteiger partial charge in [-0.3, -0.25) is 0 Å². The summed E-state index contributed by atoms with van der Waals surface area (Å²) in [7, 11) is 0. The van der Waals surface area contributed by atoms with Crippen molar-refractivity contribution in [1.82, 2.24) is 9.55 Å². The van der Waals surface area contributed by atoms with Gasteiger partial charge in [-0.1, -0.05) is 6.92 Å². The van der Waals surface area contributed by atoms with Crippen LogP contribution in [-0.2, 0) is 0 Å². The van der Waals surface area contributed by atoms with Gasteiger partial charge in [0.05, 0.1) is 0 Å². The number of hydrogen-bond acceptors (Lipinski definition) is 2. The highest BCUT2D eigenvalue weighted by Gasteiger charge is 2.08. The van der Waals surface area contributed by atoms with Crippen molar-refractivity contribution in [2.24, 2.45) is 0 Å². The topological polar surface area (TPSA) is 20.7 Å². The van der Waals surface area contributed by atoms with Crippen LogP contribution in [0, 0.1) is 11.7 Å². The molecular formula is C9H16N2S2. The fourth-order valence-corrected chi connectivity index (χ4v) is 2.54. The van der Waals surface area contributed by atoms with Crippen LogP contribution in [0.25, 0.3) is 0 Å². The molecule has 0 bridgehead atoms. The molecule has 0 saturated carbocycles. The maximum absolute atomic E-state index is 5.23. The number of nitrogens with zero attached hydrogens (tertiary/aromatic N) is 1. The van der Waals surface area contributed by atoms with Crippen LogP contribution in [-0.4, -0.2) is 21.6 Å². The molecule has 1 N–H and O–H groups in total. The van der Waals surface area contributed by atoms with Crippen LogP contribution in [0.3, 0.4) is 0 Å². The van der Waals surface area contributed by atoms with Crippen molar-refractivity contribution in [2.75, 3.05) is 12.0 Å². The Balaban J connectivity index is 2.90. The molecule has 0 spiro atoms. The van der Waals surface area contributed by atoms with Gasteiger partial charge in [-0.15, -0.1) is 0 Å². The summed E-state index contributed by atoms with van der Waals surface area (Å²) in [5.41, 5.74) is 1.14. The van der Waals surface area contributed by atoms with E-state index < -0.39 is 0 Å². The van der Waals surface area contributed by atoms with E-state index in [1.807, 2.05) is 18.7 Å². The van der Waals surface area contributed by atoms with Crippen molar-refractivity contribution in [3.05, 3.63) is 16.7 Å². The summed E-state index contributed by atoms with van der Waals surface area (Å²) >= 11 is 7.09. The third-order valence-corrected chi connectivity index (χ3v) is 3.13. The molecule has 0 aliphatic heterocycles. The van der Waals surface area contributed by atoms with Gasteiger partial charge >= 0.3 is 0 Å². The molecule has 74 valence electrons. The van der Waals surface area contributed by atoms with Gasteiger partial charge in [0.1, 0.15) is 0 Å². The average Bonchev–Trinajstić information content (AvgIpc) is 2.41. The highest BCUT2D eigenvalue weighted by Crippen LogP contribution is 2.17. The maximum atomic E-state index is 5.23. The molecule has 13 heavy (non-hydrogen) atoms. The first-order valence-electron chi connectivity index (χ1n) is 4.45. The van der Waals surface area contributed by atoms with E-state index in [9.17, 15) is 0 Å². The number of nitrogens with one attached hydrogen (secondary N) is 1. The predicted octanol–water partition coefficient (Wildman–Crippen LogP) is 3.17. The minimum Gasteiger partial charge on any atom is -0.335 e. The standard InChI is InChI=1S/C9H16N2S2/c1-4-8(6-13-3)11-5-7(2)10-9(11)12/h5,8H,4,6H2,1-3H3,(H,10,12). The molecule has 1 rings (SSSR count). The molecule has 0 fully saturated rings. The van der Waals surface area contributed by atoms with E-state index in [1.54, 1.807) is 0 Å². The van der Waals surface area contributed by atoms with Crippen molar-refractivity contribution < 1.29 is 0 Å². The molecule has 1 unspecified atom stereocenters. The Labute approximate surface area is 88.7 Å². The first kappa shape index (κ1) is 10.9. The number of aromatic amines is 1. The molecule has 0 radical (unpaired) electrons. The van der Waals surface area contributed by atoms with E-state index in [1.165, 1.54) is 0 Å². The third-order valence-electron chi connectivity index (χ3n) is 2.10. The van der Waals surface area contributed by atoms with Crippen molar-refractivity contribution in [1.29, 1.82) is 0 Å². The number of thioether (sulfide) groups is 1. The number of aromatic nitrogens is 2. The fourth-order valence-electron chi connectivity index (χ4n) is 1.39. The second-order valence-electron chi connectivity index (χ2n) is 3.17. The van der Waals surface area contributed by atoms with Crippen LogP contribution in [0.4, 0.5) is 0 Å². The van der Waals surface area contributed by atoms with Crippen LogP contribution in [0.15, 0.2) is 6.20 Å². The van der Waals surface area contributed by atoms with Crippen molar-refractivity contribution in [3.63, 3.8) is 0 Å². The number of H-pyrrole nitrogens is 1. The van der Waals surface area contributed by atoms with Gasteiger partial charge in [0.25, 0.3) is 0 Å². The molecule has 0 amide bonds. The Morgan fingerprint density at radius 1 is 1.69 bits per heavy atom. The van der Waals surface area contributed by atoms with E-state index >= 15 is 0 Å². The van der Waals surface area contributed by atoms with Crippen LogP contribution in [0.1, 0.15) is 25.1 Å². The quantitative estimate of drug-likeness (QED) is 0.780. The first-order chi connectivity index (χ1) is 6.19. The lowest BCUT2D eigenvalue weighted by Gasteiger charge is -2.14. The molecule has 1 aromatic heterocycles. The summed E-state index contributed by atoms with van der Waals surface area (Å²) in [5.74, 6) is 1.13. The SMILES string of the molecule is CCC(CSC)n1cc(C)[nH]c1=S. The van der Waals surface area contributed by atoms with Crippen LogP contribution < -0.4 is 0 Å². The lowest BCUT2D eigenvalue weighted by atomic mass is 10.2. The van der Waals surface area contributed by atoms with Gasteiger partial charge in [0.2, 0.25) is 0 Å². The highest BCUT2D eigenvalue weighted by atomic mass is 32.2. The number of hydrogen-bond donors (Lipinski definition) is 1. The van der Waals surface area contributed by atoms with Crippen LogP contribution in [0.5, 0.6) is 0 Å². The minimum absolute atomic E-state index is 0.535. The first-order valence-corrected chi connectivity index (χ1v) is 6.26. The average molecular weight is 216 g/mol. The molecular weight excluding hydrogens is 200 g/mol. The Bertz CT molecular complexity index is 314. The Hall–Kier alpha value is -0.220. The molecule has 0 aliphatic rings. The number of rotatable bonds is 4. The van der Waals surface area contributed by atoms with Gasteiger partial charge in [-0.05, 0) is 31.8 Å². The van der Waals surface area contributed by atoms with E-state index in [0.717, 1.165) is 22.6 Å². The fraction of sp³-hybridized carbons (Fsp3) is 0.667. The third kappa shape index (κ3) is 2.61. The Morgan fingerprint density at radius 2 is 2.38 bits per heavy atom. The van der Waals surface area contributed by atoms with Gasteiger partial charge < -0.3 is 9.55 Å². The second kappa shape index (κ2) is 4.86. The van der Waals surface area contributed by atoms with Crippen LogP contribution >= 0.6 is 24.0 Å². The maximum Gasteiger partial charge on any atom is 0.177 e. The summed E-state index contributed by atoms with van der Waals surface area (Å²) in [5, 5.41) is 0. The zero-order chi connectivity index (χ0) is 9.84. The molecule has 1 aromatic rings. The predicted molar refractivity (Wildman–Crippen MR) is 62.1 cm³/mol. The summed E-state index contributed by atoms with van der Waals surface area (Å²) < 4.78 is 3.01. The number of imidazole rings is 1. The second-order valence-corrected chi connectivity index (χ2v) is 4.46. The molecule has 0 saturated heterocycles. The van der Waals surface area contributed by atoms with E-state index in [4.69, 9.17) is 12.2 Å². The molecule has 0 aliphatic carbocycles. The lowest BCUT2D eigenvalue weighted by molar-refractivity contribution is 0.533. The monoisotopic (exact) mass is 216 g/mol. The summed E-state index contributed by atoms with van der Waals surface area (Å²) in [6.45, 7) is 4.24. The van der Waals surface area contributed by atoms with E-state index in [0.29, 0.717) is 6.04 Å². The molecule has 4 heteroatoms. The number of aryl methyl sites for hydroxylation is 1. The normalized spacial score (nSPS) is 13.2. The molecule has 1 heterocycles. The van der Waals surface area contributed by atoms with Crippen molar-refractivity contribution in [3.8, 4) is 0 Å².